The van der Waals surface area contributed by atoms with Crippen LogP contribution in [-0.2, 0) is 16.4 Å². The number of nitrogen functional groups attached to an aromatic ring is 1. The number of sulfone groups is 1. The Balaban J connectivity index is 2.69. The summed E-state index contributed by atoms with van der Waals surface area (Å²) >= 11 is 0. The standard InChI is InChI=1S/C12H18FN3O2S/c1-16(5-6-19(2,17)18)8-10-4-3-9(12(14)15)7-11(10)13/h3-4,7H,5-6,8H2,1-2H3,(H3,14,15). The molecule has 1 aromatic carbocycles. The number of nitrogens with one attached hydrogen (secondary N) is 1. The zero-order valence-electron chi connectivity index (χ0n) is 11.0. The Morgan fingerprint density at radius 3 is 2.58 bits per heavy atom. The van der Waals surface area contributed by atoms with Crippen molar-refractivity contribution >= 4 is 15.7 Å². The Morgan fingerprint density at radius 1 is 1.47 bits per heavy atom. The van der Waals surface area contributed by atoms with Gasteiger partial charge in [0, 0.05) is 30.5 Å². The molecule has 0 spiro atoms. The van der Waals surface area contributed by atoms with Crippen LogP contribution in [0, 0.1) is 11.2 Å². The van der Waals surface area contributed by atoms with Gasteiger partial charge in [0.25, 0.3) is 0 Å². The number of nitrogens with two attached hydrogens (primary N) is 1. The summed E-state index contributed by atoms with van der Waals surface area (Å²) in [7, 11) is -1.29. The maximum absolute atomic E-state index is 13.7. The van der Waals surface area contributed by atoms with Gasteiger partial charge in [-0.05, 0) is 13.1 Å². The zero-order valence-corrected chi connectivity index (χ0v) is 11.8. The minimum absolute atomic E-state index is 0.0383. The fraction of sp³-hybridized carbons (Fsp3) is 0.417. The lowest BCUT2D eigenvalue weighted by atomic mass is 10.1. The number of amidine groups is 1. The van der Waals surface area contributed by atoms with Crippen LogP contribution in [0.5, 0.6) is 0 Å². The van der Waals surface area contributed by atoms with Gasteiger partial charge in [0.15, 0.2) is 0 Å². The van der Waals surface area contributed by atoms with Crippen molar-refractivity contribution in [2.75, 3.05) is 25.6 Å². The van der Waals surface area contributed by atoms with Crippen molar-refractivity contribution in [2.45, 2.75) is 6.54 Å². The van der Waals surface area contributed by atoms with Crippen molar-refractivity contribution in [3.8, 4) is 0 Å². The molecule has 3 N–H and O–H groups in total. The fourth-order valence-corrected chi connectivity index (χ4v) is 2.18. The number of nitrogens with zero attached hydrogens (tertiary/aromatic N) is 1. The number of halogens is 1. The van der Waals surface area contributed by atoms with Crippen LogP contribution >= 0.6 is 0 Å². The molecular weight excluding hydrogens is 269 g/mol. The third kappa shape index (κ3) is 5.35. The summed E-state index contributed by atoms with van der Waals surface area (Å²) in [5.41, 5.74) is 6.05. The monoisotopic (exact) mass is 287 g/mol. The van der Waals surface area contributed by atoms with Crippen molar-refractivity contribution in [2.24, 2.45) is 5.73 Å². The first-order chi connectivity index (χ1) is 8.69. The second kappa shape index (κ2) is 6.12. The summed E-state index contributed by atoms with van der Waals surface area (Å²) in [6, 6.07) is 4.34. The molecular formula is C12H18FN3O2S. The van der Waals surface area contributed by atoms with E-state index in [-0.39, 0.29) is 11.6 Å². The molecule has 7 heteroatoms. The van der Waals surface area contributed by atoms with Gasteiger partial charge in [-0.1, -0.05) is 12.1 Å². The van der Waals surface area contributed by atoms with E-state index < -0.39 is 15.7 Å². The molecule has 106 valence electrons. The Morgan fingerprint density at radius 2 is 2.11 bits per heavy atom. The molecule has 0 saturated carbocycles. The van der Waals surface area contributed by atoms with E-state index in [1.54, 1.807) is 24.1 Å². The lowest BCUT2D eigenvalue weighted by Gasteiger charge is -2.16. The molecule has 0 amide bonds. The largest absolute Gasteiger partial charge is 0.384 e. The van der Waals surface area contributed by atoms with Gasteiger partial charge in [0.05, 0.1) is 5.75 Å². The van der Waals surface area contributed by atoms with E-state index in [0.717, 1.165) is 0 Å². The molecule has 0 atom stereocenters. The summed E-state index contributed by atoms with van der Waals surface area (Å²) < 4.78 is 35.8. The predicted molar refractivity (Wildman–Crippen MR) is 73.5 cm³/mol. The van der Waals surface area contributed by atoms with Crippen molar-refractivity contribution in [3.63, 3.8) is 0 Å². The topological polar surface area (TPSA) is 87.2 Å². The second-order valence-corrected chi connectivity index (χ2v) is 6.85. The fourth-order valence-electron chi connectivity index (χ4n) is 1.53. The molecule has 1 aromatic rings. The van der Waals surface area contributed by atoms with Crippen LogP contribution in [0.1, 0.15) is 11.1 Å². The molecule has 0 aliphatic heterocycles. The van der Waals surface area contributed by atoms with Crippen molar-refractivity contribution in [3.05, 3.63) is 35.1 Å². The van der Waals surface area contributed by atoms with E-state index in [1.165, 1.54) is 12.3 Å². The molecule has 0 heterocycles. The van der Waals surface area contributed by atoms with Gasteiger partial charge in [0.1, 0.15) is 21.5 Å². The number of hydrogen-bond donors (Lipinski definition) is 2. The van der Waals surface area contributed by atoms with Gasteiger partial charge in [-0.25, -0.2) is 12.8 Å². The Hall–Kier alpha value is -1.47. The van der Waals surface area contributed by atoms with Crippen LogP contribution in [0.25, 0.3) is 0 Å². The average molecular weight is 287 g/mol. The summed E-state index contributed by atoms with van der Waals surface area (Å²) in [5, 5.41) is 7.21. The Labute approximate surface area is 112 Å². The normalized spacial score (nSPS) is 11.8. The van der Waals surface area contributed by atoms with E-state index in [9.17, 15) is 12.8 Å². The summed E-state index contributed by atoms with van der Waals surface area (Å²) in [6.07, 6.45) is 1.17. The Kier molecular flexibility index (Phi) is 5.02. The van der Waals surface area contributed by atoms with Gasteiger partial charge < -0.3 is 10.6 Å². The van der Waals surface area contributed by atoms with Crippen molar-refractivity contribution < 1.29 is 12.8 Å². The highest BCUT2D eigenvalue weighted by atomic mass is 32.2. The molecule has 0 aromatic heterocycles. The third-order valence-corrected chi connectivity index (χ3v) is 3.57. The van der Waals surface area contributed by atoms with Gasteiger partial charge in [0.2, 0.25) is 0 Å². The minimum atomic E-state index is -3.02. The first-order valence-corrected chi connectivity index (χ1v) is 7.74. The summed E-state index contributed by atoms with van der Waals surface area (Å²) in [6.45, 7) is 0.645. The van der Waals surface area contributed by atoms with Crippen LogP contribution in [0.4, 0.5) is 4.39 Å². The van der Waals surface area contributed by atoms with Crippen LogP contribution in [0.15, 0.2) is 18.2 Å². The van der Waals surface area contributed by atoms with Crippen molar-refractivity contribution in [1.82, 2.24) is 4.90 Å². The van der Waals surface area contributed by atoms with Gasteiger partial charge >= 0.3 is 0 Å². The lowest BCUT2D eigenvalue weighted by molar-refractivity contribution is 0.340. The van der Waals surface area contributed by atoms with E-state index in [1.807, 2.05) is 0 Å². The molecule has 0 aliphatic carbocycles. The molecule has 0 unspecified atom stereocenters. The lowest BCUT2D eigenvalue weighted by Crippen LogP contribution is -2.25. The third-order valence-electron chi connectivity index (χ3n) is 2.65. The number of benzene rings is 1. The highest BCUT2D eigenvalue weighted by Gasteiger charge is 2.10. The Bertz CT molecular complexity index is 572. The van der Waals surface area contributed by atoms with E-state index in [0.29, 0.717) is 24.2 Å². The molecule has 0 radical (unpaired) electrons. The van der Waals surface area contributed by atoms with Crippen LogP contribution in [0.2, 0.25) is 0 Å². The molecule has 0 bridgehead atoms. The highest BCUT2D eigenvalue weighted by molar-refractivity contribution is 7.90. The molecule has 19 heavy (non-hydrogen) atoms. The minimum Gasteiger partial charge on any atom is -0.384 e. The first-order valence-electron chi connectivity index (χ1n) is 5.68. The predicted octanol–water partition coefficient (Wildman–Crippen LogP) is 0.586. The number of rotatable bonds is 6. The zero-order chi connectivity index (χ0) is 14.6. The maximum Gasteiger partial charge on any atom is 0.148 e. The summed E-state index contributed by atoms with van der Waals surface area (Å²) in [5.74, 6) is -0.591. The molecule has 1 rings (SSSR count). The van der Waals surface area contributed by atoms with Crippen LogP contribution in [-0.4, -0.2) is 44.8 Å². The van der Waals surface area contributed by atoms with E-state index >= 15 is 0 Å². The number of hydrogen-bond acceptors (Lipinski definition) is 4. The van der Waals surface area contributed by atoms with E-state index in [2.05, 4.69) is 0 Å². The molecule has 0 aliphatic rings. The summed E-state index contributed by atoms with van der Waals surface area (Å²) in [4.78, 5) is 1.73. The molecule has 5 nitrogen and oxygen atoms in total. The smallest absolute Gasteiger partial charge is 0.148 e. The quantitative estimate of drug-likeness (QED) is 0.592. The SMILES string of the molecule is CN(CCS(C)(=O)=O)Cc1ccc(C(=N)N)cc1F. The molecule has 0 fully saturated rings. The maximum atomic E-state index is 13.7. The van der Waals surface area contributed by atoms with Crippen LogP contribution < -0.4 is 5.73 Å². The van der Waals surface area contributed by atoms with E-state index in [4.69, 9.17) is 11.1 Å². The van der Waals surface area contributed by atoms with Gasteiger partial charge in [-0.2, -0.15) is 0 Å². The first kappa shape index (κ1) is 15.6. The van der Waals surface area contributed by atoms with Gasteiger partial charge in [-0.15, -0.1) is 0 Å². The van der Waals surface area contributed by atoms with Gasteiger partial charge in [-0.3, -0.25) is 5.41 Å². The highest BCUT2D eigenvalue weighted by Crippen LogP contribution is 2.12. The second-order valence-electron chi connectivity index (χ2n) is 4.59. The molecule has 0 saturated heterocycles. The van der Waals surface area contributed by atoms with Crippen molar-refractivity contribution in [1.29, 1.82) is 5.41 Å². The van der Waals surface area contributed by atoms with Crippen LogP contribution in [0.3, 0.4) is 0 Å². The average Bonchev–Trinajstić information content (AvgIpc) is 2.28.